The smallest absolute Gasteiger partial charge is 0.239 e. The minimum Gasteiger partial charge on any atom is -0.355 e. The van der Waals surface area contributed by atoms with Crippen LogP contribution in [0, 0.1) is 6.92 Å². The Balaban J connectivity index is 1.85. The third-order valence-corrected chi connectivity index (χ3v) is 4.45. The van der Waals surface area contributed by atoms with Crippen molar-refractivity contribution in [3.05, 3.63) is 53.5 Å². The van der Waals surface area contributed by atoms with E-state index in [1.165, 1.54) is 5.56 Å². The van der Waals surface area contributed by atoms with Crippen LogP contribution in [-0.2, 0) is 11.3 Å². The molecule has 23 heavy (non-hydrogen) atoms. The van der Waals surface area contributed by atoms with Gasteiger partial charge in [-0.15, -0.1) is 11.3 Å². The summed E-state index contributed by atoms with van der Waals surface area (Å²) >= 11 is 1.60. The summed E-state index contributed by atoms with van der Waals surface area (Å²) in [4.78, 5) is 16.5. The predicted molar refractivity (Wildman–Crippen MR) is 94.4 cm³/mol. The summed E-state index contributed by atoms with van der Waals surface area (Å²) in [6, 6.07) is 12.3. The molecule has 3 rings (SSSR count). The lowest BCUT2D eigenvalue weighted by atomic mass is 10.1. The van der Waals surface area contributed by atoms with Gasteiger partial charge in [-0.3, -0.25) is 4.79 Å². The fourth-order valence-electron chi connectivity index (χ4n) is 2.40. The van der Waals surface area contributed by atoms with Crippen LogP contribution < -0.4 is 5.32 Å². The summed E-state index contributed by atoms with van der Waals surface area (Å²) < 4.78 is 1.93. The van der Waals surface area contributed by atoms with Gasteiger partial charge in [-0.05, 0) is 26.0 Å². The summed E-state index contributed by atoms with van der Waals surface area (Å²) in [5.74, 6) is 0.0141. The summed E-state index contributed by atoms with van der Waals surface area (Å²) in [6.07, 6.45) is 1.91. The van der Waals surface area contributed by atoms with Gasteiger partial charge in [0.25, 0.3) is 0 Å². The number of aromatic nitrogens is 2. The van der Waals surface area contributed by atoms with E-state index in [4.69, 9.17) is 4.98 Å². The number of aryl methyl sites for hydroxylation is 1. The van der Waals surface area contributed by atoms with E-state index in [-0.39, 0.29) is 5.91 Å². The molecule has 0 saturated heterocycles. The lowest BCUT2D eigenvalue weighted by Gasteiger charge is -2.07. The highest BCUT2D eigenvalue weighted by molar-refractivity contribution is 7.13. The van der Waals surface area contributed by atoms with E-state index in [9.17, 15) is 4.79 Å². The normalized spacial score (nSPS) is 10.7. The molecule has 0 unspecified atom stereocenters. The van der Waals surface area contributed by atoms with E-state index in [2.05, 4.69) is 41.9 Å². The van der Waals surface area contributed by atoms with Crippen LogP contribution in [0.2, 0.25) is 0 Å². The molecule has 4 nitrogen and oxygen atoms in total. The molecule has 2 heterocycles. The molecule has 3 aromatic rings. The third kappa shape index (κ3) is 3.51. The van der Waals surface area contributed by atoms with Gasteiger partial charge in [0.1, 0.15) is 11.6 Å². The Morgan fingerprint density at radius 2 is 2.04 bits per heavy atom. The zero-order valence-electron chi connectivity index (χ0n) is 13.2. The number of nitrogens with zero attached hydrogens (tertiary/aromatic N) is 2. The largest absolute Gasteiger partial charge is 0.355 e. The first-order chi connectivity index (χ1) is 11.2. The number of amides is 1. The number of hydrogen-bond acceptors (Lipinski definition) is 3. The van der Waals surface area contributed by atoms with E-state index in [1.807, 2.05) is 29.8 Å². The molecule has 0 saturated carbocycles. The molecule has 0 spiro atoms. The average molecular weight is 325 g/mol. The van der Waals surface area contributed by atoms with Crippen molar-refractivity contribution in [2.24, 2.45) is 0 Å². The van der Waals surface area contributed by atoms with E-state index in [1.54, 1.807) is 11.3 Å². The summed E-state index contributed by atoms with van der Waals surface area (Å²) in [5.41, 5.74) is 4.29. The molecule has 0 aliphatic carbocycles. The molecule has 0 aliphatic heterocycles. The third-order valence-electron chi connectivity index (χ3n) is 3.59. The fourth-order valence-corrected chi connectivity index (χ4v) is 3.27. The van der Waals surface area contributed by atoms with Crippen LogP contribution in [0.4, 0.5) is 0 Å². The Hall–Kier alpha value is -2.40. The second-order valence-corrected chi connectivity index (χ2v) is 6.24. The lowest BCUT2D eigenvalue weighted by molar-refractivity contribution is -0.121. The maximum atomic E-state index is 11.8. The van der Waals surface area contributed by atoms with Crippen LogP contribution in [0.5, 0.6) is 0 Å². The molecular formula is C18H19N3OS. The highest BCUT2D eigenvalue weighted by Gasteiger charge is 2.12. The molecule has 1 N–H and O–H groups in total. The number of carbonyl (C=O) groups excluding carboxylic acids is 1. The number of carbonyl (C=O) groups is 1. The van der Waals surface area contributed by atoms with Gasteiger partial charge in [0.05, 0.1) is 11.4 Å². The number of likely N-dealkylation sites (N-methyl/N-ethyl adjacent to an activating group) is 1. The van der Waals surface area contributed by atoms with Crippen molar-refractivity contribution in [3.8, 4) is 22.0 Å². The summed E-state index contributed by atoms with van der Waals surface area (Å²) in [5, 5.41) is 5.81. The van der Waals surface area contributed by atoms with Gasteiger partial charge in [-0.2, -0.15) is 0 Å². The number of thiazole rings is 1. The molecule has 5 heteroatoms. The van der Waals surface area contributed by atoms with E-state index < -0.39 is 0 Å². The first-order valence-electron chi connectivity index (χ1n) is 7.62. The number of benzene rings is 1. The van der Waals surface area contributed by atoms with Crippen LogP contribution in [0.15, 0.2) is 48.0 Å². The highest BCUT2D eigenvalue weighted by Crippen LogP contribution is 2.29. The number of nitrogens with one attached hydrogen (secondary N) is 1. The molecule has 118 valence electrons. The van der Waals surface area contributed by atoms with Crippen LogP contribution >= 0.6 is 11.3 Å². The van der Waals surface area contributed by atoms with Gasteiger partial charge < -0.3 is 9.88 Å². The topological polar surface area (TPSA) is 46.9 Å². The molecule has 0 bridgehead atoms. The minimum atomic E-state index is 0.0141. The number of hydrogen-bond donors (Lipinski definition) is 1. The van der Waals surface area contributed by atoms with Crippen LogP contribution in [0.1, 0.15) is 12.5 Å². The molecule has 1 aromatic carbocycles. The molecule has 0 aliphatic rings. The second-order valence-electron chi connectivity index (χ2n) is 5.38. The lowest BCUT2D eigenvalue weighted by Crippen LogP contribution is -2.27. The predicted octanol–water partition coefficient (Wildman–Crippen LogP) is 3.72. The van der Waals surface area contributed by atoms with Crippen molar-refractivity contribution in [2.75, 3.05) is 6.54 Å². The Labute approximate surface area is 139 Å². The standard InChI is InChI=1S/C18H19N3OS/c1-3-19-17(22)11-21-10-4-5-16(21)18-20-15(12-23-18)14-8-6-13(2)7-9-14/h4-10,12H,3,11H2,1-2H3,(H,19,22). The van der Waals surface area contributed by atoms with E-state index in [0.29, 0.717) is 13.1 Å². The van der Waals surface area contributed by atoms with E-state index >= 15 is 0 Å². The molecule has 1 amide bonds. The van der Waals surface area contributed by atoms with Crippen molar-refractivity contribution in [1.29, 1.82) is 0 Å². The molecule has 0 radical (unpaired) electrons. The summed E-state index contributed by atoms with van der Waals surface area (Å²) in [6.45, 7) is 4.95. The Bertz CT molecular complexity index is 802. The SMILES string of the molecule is CCNC(=O)Cn1cccc1-c1nc(-c2ccc(C)cc2)cs1. The van der Waals surface area contributed by atoms with Gasteiger partial charge in [0.15, 0.2) is 0 Å². The Kier molecular flexibility index (Phi) is 4.57. The molecule has 2 aromatic heterocycles. The molecular weight excluding hydrogens is 306 g/mol. The highest BCUT2D eigenvalue weighted by atomic mass is 32.1. The molecule has 0 fully saturated rings. The van der Waals surface area contributed by atoms with Crippen molar-refractivity contribution in [2.45, 2.75) is 20.4 Å². The summed E-state index contributed by atoms with van der Waals surface area (Å²) in [7, 11) is 0. The quantitative estimate of drug-likeness (QED) is 0.777. The zero-order valence-corrected chi connectivity index (χ0v) is 14.1. The maximum Gasteiger partial charge on any atom is 0.239 e. The maximum absolute atomic E-state index is 11.8. The van der Waals surface area contributed by atoms with Gasteiger partial charge in [-0.1, -0.05) is 29.8 Å². The average Bonchev–Trinajstić information content (AvgIpc) is 3.17. The van der Waals surface area contributed by atoms with Gasteiger partial charge in [-0.25, -0.2) is 4.98 Å². The van der Waals surface area contributed by atoms with Crippen LogP contribution in [0.25, 0.3) is 22.0 Å². The first-order valence-corrected chi connectivity index (χ1v) is 8.50. The molecule has 0 atom stereocenters. The zero-order chi connectivity index (χ0) is 16.2. The number of rotatable bonds is 5. The van der Waals surface area contributed by atoms with Crippen molar-refractivity contribution in [1.82, 2.24) is 14.9 Å². The van der Waals surface area contributed by atoms with Gasteiger partial charge in [0.2, 0.25) is 5.91 Å². The van der Waals surface area contributed by atoms with Crippen LogP contribution in [0.3, 0.4) is 0 Å². The Morgan fingerprint density at radius 1 is 1.26 bits per heavy atom. The van der Waals surface area contributed by atoms with Crippen LogP contribution in [-0.4, -0.2) is 22.0 Å². The van der Waals surface area contributed by atoms with Gasteiger partial charge in [0, 0.05) is 23.7 Å². The monoisotopic (exact) mass is 325 g/mol. The fraction of sp³-hybridized carbons (Fsp3) is 0.222. The van der Waals surface area contributed by atoms with Crippen molar-refractivity contribution >= 4 is 17.2 Å². The van der Waals surface area contributed by atoms with Crippen molar-refractivity contribution in [3.63, 3.8) is 0 Å². The van der Waals surface area contributed by atoms with Crippen molar-refractivity contribution < 1.29 is 4.79 Å². The Morgan fingerprint density at radius 3 is 2.78 bits per heavy atom. The second kappa shape index (κ2) is 6.79. The van der Waals surface area contributed by atoms with Gasteiger partial charge >= 0.3 is 0 Å². The first kappa shape index (κ1) is 15.5. The minimum absolute atomic E-state index is 0.0141. The van der Waals surface area contributed by atoms with E-state index in [0.717, 1.165) is 22.0 Å².